The topological polar surface area (TPSA) is 75.7 Å². The fourth-order valence-corrected chi connectivity index (χ4v) is 3.07. The molecule has 0 bridgehead atoms. The molecule has 2 aromatic rings. The van der Waals surface area contributed by atoms with Crippen molar-refractivity contribution >= 4 is 52.4 Å². The second kappa shape index (κ2) is 9.11. The summed E-state index contributed by atoms with van der Waals surface area (Å²) >= 11 is 12.0. The lowest BCUT2D eigenvalue weighted by molar-refractivity contribution is -0.120. The van der Waals surface area contributed by atoms with Gasteiger partial charge in [-0.25, -0.2) is 9.69 Å². The highest BCUT2D eigenvalue weighted by Gasteiger charge is 2.40. The van der Waals surface area contributed by atoms with E-state index in [-0.39, 0.29) is 28.6 Å². The van der Waals surface area contributed by atoms with Gasteiger partial charge >= 0.3 is 5.97 Å². The van der Waals surface area contributed by atoms with Crippen LogP contribution in [0.2, 0.25) is 5.02 Å². The number of para-hydroxylation sites is 1. The fraction of sp³-hybridized carbons (Fsp3) is 0.190. The minimum absolute atomic E-state index is 0.0758. The molecule has 1 aliphatic rings. The molecule has 29 heavy (non-hydrogen) atoms. The van der Waals surface area contributed by atoms with Gasteiger partial charge in [0.1, 0.15) is 10.7 Å². The van der Waals surface area contributed by atoms with Crippen LogP contribution in [-0.4, -0.2) is 24.4 Å². The molecule has 3 rings (SSSR count). The first-order valence-corrected chi connectivity index (χ1v) is 9.77. The van der Waals surface area contributed by atoms with Crippen molar-refractivity contribution in [2.75, 3.05) is 16.8 Å². The number of esters is 1. The summed E-state index contributed by atoms with van der Waals surface area (Å²) in [7, 11) is 0. The van der Waals surface area contributed by atoms with E-state index in [1.165, 1.54) is 12.1 Å². The molecule has 0 radical (unpaired) electrons. The van der Waals surface area contributed by atoms with E-state index in [4.69, 9.17) is 27.9 Å². The van der Waals surface area contributed by atoms with Gasteiger partial charge in [-0.15, -0.1) is 0 Å². The third-order valence-electron chi connectivity index (χ3n) is 4.24. The number of nitrogens with zero attached hydrogens (tertiary/aromatic N) is 1. The Morgan fingerprint density at radius 3 is 2.41 bits per heavy atom. The van der Waals surface area contributed by atoms with Gasteiger partial charge in [-0.2, -0.15) is 0 Å². The Kier molecular flexibility index (Phi) is 6.56. The molecule has 0 aliphatic carbocycles. The lowest BCUT2D eigenvalue weighted by Gasteiger charge is -2.18. The third kappa shape index (κ3) is 4.44. The number of rotatable bonds is 7. The second-order valence-electron chi connectivity index (χ2n) is 6.27. The molecule has 1 aliphatic heterocycles. The summed E-state index contributed by atoms with van der Waals surface area (Å²) in [5.74, 6) is -1.99. The van der Waals surface area contributed by atoms with E-state index >= 15 is 0 Å². The fourth-order valence-electron chi connectivity index (χ4n) is 2.74. The van der Waals surface area contributed by atoms with Crippen molar-refractivity contribution in [2.45, 2.75) is 19.8 Å². The predicted octanol–water partition coefficient (Wildman–Crippen LogP) is 4.73. The number of ether oxygens (including phenoxy) is 1. The first kappa shape index (κ1) is 20.9. The highest BCUT2D eigenvalue weighted by atomic mass is 35.5. The van der Waals surface area contributed by atoms with Crippen LogP contribution in [0.25, 0.3) is 0 Å². The molecule has 6 nitrogen and oxygen atoms in total. The quantitative estimate of drug-likeness (QED) is 0.388. The van der Waals surface area contributed by atoms with Crippen LogP contribution >= 0.6 is 23.2 Å². The van der Waals surface area contributed by atoms with Crippen LogP contribution in [0.5, 0.6) is 0 Å². The van der Waals surface area contributed by atoms with E-state index in [0.29, 0.717) is 10.7 Å². The molecular weight excluding hydrogens is 415 g/mol. The van der Waals surface area contributed by atoms with Gasteiger partial charge in [-0.1, -0.05) is 48.7 Å². The van der Waals surface area contributed by atoms with Crippen LogP contribution in [-0.2, 0) is 14.3 Å². The molecule has 1 N–H and O–H groups in total. The second-order valence-corrected chi connectivity index (χ2v) is 7.09. The van der Waals surface area contributed by atoms with Gasteiger partial charge in [0.05, 0.1) is 17.9 Å². The Balaban J connectivity index is 1.88. The normalized spacial score (nSPS) is 13.8. The molecule has 0 spiro atoms. The number of halogens is 2. The lowest BCUT2D eigenvalue weighted by Crippen LogP contribution is -2.33. The van der Waals surface area contributed by atoms with Gasteiger partial charge in [0, 0.05) is 10.7 Å². The number of nitrogens with one attached hydrogen (secondary N) is 1. The van der Waals surface area contributed by atoms with Crippen molar-refractivity contribution in [3.63, 3.8) is 0 Å². The summed E-state index contributed by atoms with van der Waals surface area (Å²) in [5, 5.41) is 3.11. The van der Waals surface area contributed by atoms with Crippen molar-refractivity contribution in [3.05, 3.63) is 69.8 Å². The largest absolute Gasteiger partial charge is 0.462 e. The summed E-state index contributed by atoms with van der Waals surface area (Å²) < 4.78 is 5.24. The van der Waals surface area contributed by atoms with Crippen molar-refractivity contribution < 1.29 is 19.1 Å². The number of amides is 2. The maximum absolute atomic E-state index is 13.0. The highest BCUT2D eigenvalue weighted by Crippen LogP contribution is 2.32. The van der Waals surface area contributed by atoms with Gasteiger partial charge in [0.25, 0.3) is 11.8 Å². The first-order chi connectivity index (χ1) is 13.9. The van der Waals surface area contributed by atoms with E-state index in [1.807, 2.05) is 6.92 Å². The number of carbonyl (C=O) groups excluding carboxylic acids is 3. The molecule has 8 heteroatoms. The SMILES string of the molecule is CCCCOC(=O)c1ccccc1N1C(=O)C(Cl)=C(Nc2ccc(Cl)cc2)C1=O. The van der Waals surface area contributed by atoms with Crippen LogP contribution in [0.15, 0.2) is 59.3 Å². The first-order valence-electron chi connectivity index (χ1n) is 9.01. The van der Waals surface area contributed by atoms with Crippen LogP contribution in [0.3, 0.4) is 0 Å². The Bertz CT molecular complexity index is 986. The Morgan fingerprint density at radius 1 is 1.03 bits per heavy atom. The van der Waals surface area contributed by atoms with Crippen LogP contribution < -0.4 is 10.2 Å². The molecule has 150 valence electrons. The molecule has 2 aromatic carbocycles. The molecule has 1 heterocycles. The van der Waals surface area contributed by atoms with Crippen molar-refractivity contribution in [1.29, 1.82) is 0 Å². The van der Waals surface area contributed by atoms with Crippen molar-refractivity contribution in [2.24, 2.45) is 0 Å². The Hall–Kier alpha value is -2.83. The van der Waals surface area contributed by atoms with Crippen LogP contribution in [0.4, 0.5) is 11.4 Å². The smallest absolute Gasteiger partial charge is 0.340 e. The van der Waals surface area contributed by atoms with Crippen LogP contribution in [0, 0.1) is 0 Å². The molecule has 0 aromatic heterocycles. The minimum Gasteiger partial charge on any atom is -0.462 e. The van der Waals surface area contributed by atoms with Gasteiger partial charge in [0.2, 0.25) is 0 Å². The standard InChI is InChI=1S/C21H18Cl2N2O4/c1-2-3-12-29-21(28)15-6-4-5-7-16(15)25-19(26)17(23)18(20(25)27)24-14-10-8-13(22)9-11-14/h4-11,24H,2-3,12H2,1H3. The molecule has 0 saturated carbocycles. The van der Waals surface area contributed by atoms with E-state index in [1.54, 1.807) is 36.4 Å². The Morgan fingerprint density at radius 2 is 1.72 bits per heavy atom. The number of hydrogen-bond donors (Lipinski definition) is 1. The average Bonchev–Trinajstić information content (AvgIpc) is 2.93. The summed E-state index contributed by atoms with van der Waals surface area (Å²) in [4.78, 5) is 39.0. The van der Waals surface area contributed by atoms with E-state index in [2.05, 4.69) is 5.32 Å². The van der Waals surface area contributed by atoms with Gasteiger partial charge in [0.15, 0.2) is 0 Å². The summed E-state index contributed by atoms with van der Waals surface area (Å²) in [6.45, 7) is 2.24. The molecular formula is C21H18Cl2N2O4. The summed E-state index contributed by atoms with van der Waals surface area (Å²) in [6.07, 6.45) is 1.59. The number of anilines is 2. The maximum atomic E-state index is 13.0. The predicted molar refractivity (Wildman–Crippen MR) is 112 cm³/mol. The van der Waals surface area contributed by atoms with Crippen molar-refractivity contribution in [1.82, 2.24) is 0 Å². The van der Waals surface area contributed by atoms with Gasteiger partial charge in [-0.05, 0) is 42.8 Å². The van der Waals surface area contributed by atoms with Gasteiger partial charge < -0.3 is 10.1 Å². The number of unbranched alkanes of at least 4 members (excludes halogenated alkanes) is 1. The van der Waals surface area contributed by atoms with E-state index < -0.39 is 17.8 Å². The zero-order valence-electron chi connectivity index (χ0n) is 15.6. The minimum atomic E-state index is -0.720. The monoisotopic (exact) mass is 432 g/mol. The van der Waals surface area contributed by atoms with E-state index in [0.717, 1.165) is 17.7 Å². The summed E-state index contributed by atoms with van der Waals surface area (Å²) in [6, 6.07) is 12.8. The maximum Gasteiger partial charge on any atom is 0.340 e. The number of benzene rings is 2. The number of imide groups is 1. The highest BCUT2D eigenvalue weighted by molar-refractivity contribution is 6.53. The van der Waals surface area contributed by atoms with Gasteiger partial charge in [-0.3, -0.25) is 9.59 Å². The Labute approximate surface area is 178 Å². The number of carbonyl (C=O) groups is 3. The zero-order chi connectivity index (χ0) is 21.0. The zero-order valence-corrected chi connectivity index (χ0v) is 17.1. The van der Waals surface area contributed by atoms with Crippen molar-refractivity contribution in [3.8, 4) is 0 Å². The third-order valence-corrected chi connectivity index (χ3v) is 4.84. The lowest BCUT2D eigenvalue weighted by atomic mass is 10.1. The number of hydrogen-bond acceptors (Lipinski definition) is 5. The molecule has 0 fully saturated rings. The molecule has 2 amide bonds. The molecule has 0 atom stereocenters. The summed E-state index contributed by atoms with van der Waals surface area (Å²) in [5.41, 5.74) is 0.698. The van der Waals surface area contributed by atoms with Crippen LogP contribution in [0.1, 0.15) is 30.1 Å². The van der Waals surface area contributed by atoms with E-state index in [9.17, 15) is 14.4 Å². The molecule has 0 saturated heterocycles. The molecule has 0 unspecified atom stereocenters. The average molecular weight is 433 g/mol.